The van der Waals surface area contributed by atoms with Crippen molar-refractivity contribution in [2.24, 2.45) is 5.73 Å². The SMILES string of the molecule is NCCc1nc(C(=O)Nc2cc(F)ccc2F)cs1. The molecule has 0 aliphatic heterocycles. The number of aromatic nitrogens is 1. The van der Waals surface area contributed by atoms with Gasteiger partial charge in [-0.1, -0.05) is 0 Å². The first kappa shape index (κ1) is 13.6. The van der Waals surface area contributed by atoms with Crippen LogP contribution in [0.5, 0.6) is 0 Å². The van der Waals surface area contributed by atoms with Crippen LogP contribution in [0.25, 0.3) is 0 Å². The number of thiazole rings is 1. The molecule has 1 aromatic carbocycles. The van der Waals surface area contributed by atoms with Crippen molar-refractivity contribution in [1.82, 2.24) is 4.98 Å². The highest BCUT2D eigenvalue weighted by molar-refractivity contribution is 7.09. The number of nitrogens with two attached hydrogens (primary N) is 1. The number of amides is 1. The van der Waals surface area contributed by atoms with Crippen LogP contribution in [-0.2, 0) is 6.42 Å². The number of benzene rings is 1. The fraction of sp³-hybridized carbons (Fsp3) is 0.167. The van der Waals surface area contributed by atoms with Crippen molar-refractivity contribution in [2.45, 2.75) is 6.42 Å². The summed E-state index contributed by atoms with van der Waals surface area (Å²) in [7, 11) is 0. The maximum Gasteiger partial charge on any atom is 0.275 e. The minimum absolute atomic E-state index is 0.164. The Bertz CT molecular complexity index is 600. The Hall–Kier alpha value is -1.86. The number of carbonyl (C=O) groups is 1. The smallest absolute Gasteiger partial charge is 0.275 e. The van der Waals surface area contributed by atoms with Crippen molar-refractivity contribution >= 4 is 22.9 Å². The van der Waals surface area contributed by atoms with Gasteiger partial charge >= 0.3 is 0 Å². The molecule has 4 nitrogen and oxygen atoms in total. The number of halogens is 2. The molecule has 19 heavy (non-hydrogen) atoms. The molecule has 1 heterocycles. The van der Waals surface area contributed by atoms with Gasteiger partial charge in [-0.25, -0.2) is 13.8 Å². The van der Waals surface area contributed by atoms with Crippen LogP contribution in [0.15, 0.2) is 23.6 Å². The van der Waals surface area contributed by atoms with Crippen LogP contribution in [0.4, 0.5) is 14.5 Å². The molecule has 0 atom stereocenters. The second-order valence-electron chi connectivity index (χ2n) is 3.74. The molecular weight excluding hydrogens is 272 g/mol. The highest BCUT2D eigenvalue weighted by Crippen LogP contribution is 2.17. The molecule has 2 rings (SSSR count). The maximum atomic E-state index is 13.4. The van der Waals surface area contributed by atoms with E-state index in [2.05, 4.69) is 10.3 Å². The van der Waals surface area contributed by atoms with Crippen molar-refractivity contribution in [3.8, 4) is 0 Å². The lowest BCUT2D eigenvalue weighted by atomic mass is 10.3. The molecule has 1 amide bonds. The third-order valence-corrected chi connectivity index (χ3v) is 3.23. The minimum Gasteiger partial charge on any atom is -0.330 e. The van der Waals surface area contributed by atoms with E-state index in [0.29, 0.717) is 13.0 Å². The molecule has 0 saturated heterocycles. The lowest BCUT2D eigenvalue weighted by Crippen LogP contribution is -2.14. The van der Waals surface area contributed by atoms with E-state index in [4.69, 9.17) is 5.73 Å². The van der Waals surface area contributed by atoms with Crippen molar-refractivity contribution in [2.75, 3.05) is 11.9 Å². The first-order valence-electron chi connectivity index (χ1n) is 5.51. The first-order chi connectivity index (χ1) is 9.10. The molecule has 0 aliphatic rings. The van der Waals surface area contributed by atoms with E-state index in [-0.39, 0.29) is 11.4 Å². The molecule has 0 aliphatic carbocycles. The summed E-state index contributed by atoms with van der Waals surface area (Å²) in [6.45, 7) is 0.438. The van der Waals surface area contributed by atoms with Gasteiger partial charge in [-0.3, -0.25) is 4.79 Å². The summed E-state index contributed by atoms with van der Waals surface area (Å²) >= 11 is 1.30. The topological polar surface area (TPSA) is 68.0 Å². The number of hydrogen-bond donors (Lipinski definition) is 2. The van der Waals surface area contributed by atoms with Crippen LogP contribution < -0.4 is 11.1 Å². The first-order valence-corrected chi connectivity index (χ1v) is 6.39. The predicted molar refractivity (Wildman–Crippen MR) is 69.2 cm³/mol. The standard InChI is InChI=1S/C12H11F2N3OS/c13-7-1-2-8(14)9(5-7)17-12(18)10-6-19-11(16-10)3-4-15/h1-2,5-6H,3-4,15H2,(H,17,18). The summed E-state index contributed by atoms with van der Waals surface area (Å²) in [5.41, 5.74) is 5.33. The van der Waals surface area contributed by atoms with Gasteiger partial charge < -0.3 is 11.1 Å². The van der Waals surface area contributed by atoms with E-state index in [9.17, 15) is 13.6 Å². The lowest BCUT2D eigenvalue weighted by Gasteiger charge is -2.04. The van der Waals surface area contributed by atoms with Gasteiger partial charge in [-0.15, -0.1) is 11.3 Å². The van der Waals surface area contributed by atoms with Crippen LogP contribution >= 0.6 is 11.3 Å². The number of carbonyl (C=O) groups excluding carboxylic acids is 1. The van der Waals surface area contributed by atoms with Crippen LogP contribution in [0.3, 0.4) is 0 Å². The van der Waals surface area contributed by atoms with Crippen molar-refractivity contribution in [3.05, 3.63) is 45.9 Å². The Morgan fingerprint density at radius 3 is 2.95 bits per heavy atom. The highest BCUT2D eigenvalue weighted by atomic mass is 32.1. The molecule has 0 radical (unpaired) electrons. The molecule has 1 aromatic heterocycles. The highest BCUT2D eigenvalue weighted by Gasteiger charge is 2.13. The summed E-state index contributed by atoms with van der Waals surface area (Å²) in [5, 5.41) is 4.56. The van der Waals surface area contributed by atoms with E-state index in [1.54, 1.807) is 5.38 Å². The van der Waals surface area contributed by atoms with Crippen LogP contribution in [-0.4, -0.2) is 17.4 Å². The number of hydrogen-bond acceptors (Lipinski definition) is 4. The Balaban J connectivity index is 2.13. The molecule has 0 unspecified atom stereocenters. The molecule has 0 saturated carbocycles. The molecule has 3 N–H and O–H groups in total. The van der Waals surface area contributed by atoms with Crippen molar-refractivity contribution < 1.29 is 13.6 Å². The third kappa shape index (κ3) is 3.33. The molecule has 2 aromatic rings. The number of nitrogens with zero attached hydrogens (tertiary/aromatic N) is 1. The van der Waals surface area contributed by atoms with E-state index in [0.717, 1.165) is 23.2 Å². The molecule has 7 heteroatoms. The fourth-order valence-corrected chi connectivity index (χ4v) is 2.23. The molecule has 0 spiro atoms. The number of rotatable bonds is 4. The molecule has 0 fully saturated rings. The van der Waals surface area contributed by atoms with Crippen molar-refractivity contribution in [1.29, 1.82) is 0 Å². The molecular formula is C12H11F2N3OS. The van der Waals surface area contributed by atoms with Gasteiger partial charge in [-0.05, 0) is 18.7 Å². The Morgan fingerprint density at radius 1 is 1.42 bits per heavy atom. The minimum atomic E-state index is -0.702. The predicted octanol–water partition coefficient (Wildman–Crippen LogP) is 2.17. The van der Waals surface area contributed by atoms with Crippen molar-refractivity contribution in [3.63, 3.8) is 0 Å². The Morgan fingerprint density at radius 2 is 2.21 bits per heavy atom. The summed E-state index contributed by atoms with van der Waals surface area (Å²) < 4.78 is 26.3. The number of nitrogens with one attached hydrogen (secondary N) is 1. The maximum absolute atomic E-state index is 13.4. The largest absolute Gasteiger partial charge is 0.330 e. The van der Waals surface area contributed by atoms with E-state index in [1.807, 2.05) is 0 Å². The van der Waals surface area contributed by atoms with Crippen LogP contribution in [0.1, 0.15) is 15.5 Å². The van der Waals surface area contributed by atoms with E-state index >= 15 is 0 Å². The summed E-state index contributed by atoms with van der Waals surface area (Å²) in [4.78, 5) is 15.9. The van der Waals surface area contributed by atoms with E-state index < -0.39 is 17.5 Å². The van der Waals surface area contributed by atoms with Crippen LogP contribution in [0.2, 0.25) is 0 Å². The van der Waals surface area contributed by atoms with Gasteiger partial charge in [0.2, 0.25) is 0 Å². The van der Waals surface area contributed by atoms with Gasteiger partial charge in [0, 0.05) is 17.9 Å². The molecule has 0 bridgehead atoms. The summed E-state index contributed by atoms with van der Waals surface area (Å²) in [6, 6.07) is 2.85. The Labute approximate surface area is 112 Å². The zero-order chi connectivity index (χ0) is 13.8. The molecule has 100 valence electrons. The lowest BCUT2D eigenvalue weighted by molar-refractivity contribution is 0.102. The average molecular weight is 283 g/mol. The Kier molecular flexibility index (Phi) is 4.18. The average Bonchev–Trinajstić information content (AvgIpc) is 2.83. The zero-order valence-corrected chi connectivity index (χ0v) is 10.6. The monoisotopic (exact) mass is 283 g/mol. The van der Waals surface area contributed by atoms with E-state index in [1.165, 1.54) is 11.3 Å². The zero-order valence-electron chi connectivity index (χ0n) is 9.82. The van der Waals surface area contributed by atoms with Gasteiger partial charge in [0.05, 0.1) is 10.7 Å². The van der Waals surface area contributed by atoms with Crippen LogP contribution in [0, 0.1) is 11.6 Å². The quantitative estimate of drug-likeness (QED) is 0.903. The van der Waals surface area contributed by atoms with Gasteiger partial charge in [-0.2, -0.15) is 0 Å². The van der Waals surface area contributed by atoms with Gasteiger partial charge in [0.15, 0.2) is 0 Å². The summed E-state index contributed by atoms with van der Waals surface area (Å²) in [6.07, 6.45) is 0.576. The second-order valence-corrected chi connectivity index (χ2v) is 4.69. The fourth-order valence-electron chi connectivity index (χ4n) is 1.43. The normalized spacial score (nSPS) is 10.5. The van der Waals surface area contributed by atoms with Gasteiger partial charge in [0.25, 0.3) is 5.91 Å². The summed E-state index contributed by atoms with van der Waals surface area (Å²) in [5.74, 6) is -1.91. The third-order valence-electron chi connectivity index (χ3n) is 2.32. The number of anilines is 1. The second kappa shape index (κ2) is 5.85. The van der Waals surface area contributed by atoms with Gasteiger partial charge in [0.1, 0.15) is 17.3 Å².